The third kappa shape index (κ3) is 3.37. The average molecular weight is 351 g/mol. The van der Waals surface area contributed by atoms with Crippen LogP contribution in [0.2, 0.25) is 0 Å². The molecule has 0 saturated heterocycles. The zero-order chi connectivity index (χ0) is 17.9. The molecule has 4 rings (SSSR count). The number of carbonyl (C=O) groups excluding carboxylic acids is 1. The molecule has 2 aromatic carbocycles. The first-order valence-corrected chi connectivity index (χ1v) is 8.28. The monoisotopic (exact) mass is 351 g/mol. The average Bonchev–Trinajstić information content (AvgIpc) is 3.08. The molecule has 1 aliphatic heterocycles. The lowest BCUT2D eigenvalue weighted by Crippen LogP contribution is -2.46. The minimum Gasteiger partial charge on any atom is -0.482 e. The van der Waals surface area contributed by atoms with Crippen molar-refractivity contribution in [1.29, 1.82) is 0 Å². The summed E-state index contributed by atoms with van der Waals surface area (Å²) in [5.41, 5.74) is 1.04. The summed E-state index contributed by atoms with van der Waals surface area (Å²) in [5, 5.41) is 10.4. The Balaban J connectivity index is 1.42. The Morgan fingerprint density at radius 3 is 2.46 bits per heavy atom. The highest BCUT2D eigenvalue weighted by molar-refractivity contribution is 5.93. The van der Waals surface area contributed by atoms with E-state index >= 15 is 0 Å². The number of aromatic nitrogens is 2. The number of carbonyl (C=O) groups is 1. The van der Waals surface area contributed by atoms with E-state index in [1.165, 1.54) is 0 Å². The summed E-state index contributed by atoms with van der Waals surface area (Å²) in [5.74, 6) is 1.17. The van der Waals surface area contributed by atoms with E-state index in [4.69, 9.17) is 13.9 Å². The molecule has 0 aliphatic carbocycles. The van der Waals surface area contributed by atoms with Gasteiger partial charge in [-0.05, 0) is 24.6 Å². The first-order valence-electron chi connectivity index (χ1n) is 8.28. The fourth-order valence-electron chi connectivity index (χ4n) is 2.73. The SMILES string of the molecule is CC1Oc2ccccc2OC1C(=O)Nc1nnc(Cc2ccccc2)o1. The summed E-state index contributed by atoms with van der Waals surface area (Å²) in [7, 11) is 0. The predicted molar refractivity (Wildman–Crippen MR) is 93.1 cm³/mol. The van der Waals surface area contributed by atoms with Gasteiger partial charge in [0, 0.05) is 0 Å². The van der Waals surface area contributed by atoms with Crippen LogP contribution in [-0.2, 0) is 11.2 Å². The molecule has 26 heavy (non-hydrogen) atoms. The largest absolute Gasteiger partial charge is 0.482 e. The molecule has 1 N–H and O–H groups in total. The molecule has 1 amide bonds. The van der Waals surface area contributed by atoms with Crippen molar-refractivity contribution in [2.45, 2.75) is 25.6 Å². The van der Waals surface area contributed by atoms with Gasteiger partial charge in [0.05, 0.1) is 6.42 Å². The van der Waals surface area contributed by atoms with Crippen molar-refractivity contribution >= 4 is 11.9 Å². The van der Waals surface area contributed by atoms with Crippen molar-refractivity contribution in [2.24, 2.45) is 0 Å². The summed E-state index contributed by atoms with van der Waals surface area (Å²) in [6.07, 6.45) is -0.762. The highest BCUT2D eigenvalue weighted by atomic mass is 16.6. The molecule has 0 bridgehead atoms. The highest BCUT2D eigenvalue weighted by Gasteiger charge is 2.34. The molecule has 7 heteroatoms. The number of rotatable bonds is 4. The van der Waals surface area contributed by atoms with Crippen LogP contribution in [0.25, 0.3) is 0 Å². The van der Waals surface area contributed by atoms with Gasteiger partial charge in [0.2, 0.25) is 12.0 Å². The fourth-order valence-corrected chi connectivity index (χ4v) is 2.73. The minimum absolute atomic E-state index is 0.0376. The number of ether oxygens (including phenoxy) is 2. The van der Waals surface area contributed by atoms with Gasteiger partial charge in [-0.2, -0.15) is 0 Å². The number of anilines is 1. The third-order valence-corrected chi connectivity index (χ3v) is 4.00. The number of fused-ring (bicyclic) bond motifs is 1. The molecular weight excluding hydrogens is 334 g/mol. The van der Waals surface area contributed by atoms with Gasteiger partial charge in [-0.25, -0.2) is 0 Å². The molecule has 1 aromatic heterocycles. The summed E-state index contributed by atoms with van der Waals surface area (Å²) >= 11 is 0. The number of benzene rings is 2. The van der Waals surface area contributed by atoms with Crippen LogP contribution in [0.3, 0.4) is 0 Å². The van der Waals surface area contributed by atoms with E-state index in [1.54, 1.807) is 19.1 Å². The lowest BCUT2D eigenvalue weighted by molar-refractivity contribution is -0.128. The Kier molecular flexibility index (Phi) is 4.27. The van der Waals surface area contributed by atoms with Gasteiger partial charge in [0.25, 0.3) is 5.91 Å². The van der Waals surface area contributed by atoms with Crippen LogP contribution in [-0.4, -0.2) is 28.3 Å². The maximum atomic E-state index is 12.5. The smallest absolute Gasteiger partial charge is 0.322 e. The molecule has 0 spiro atoms. The minimum atomic E-state index is -0.811. The second-order valence-electron chi connectivity index (χ2n) is 5.96. The Morgan fingerprint density at radius 1 is 1.00 bits per heavy atom. The van der Waals surface area contributed by atoms with Gasteiger partial charge in [0.15, 0.2) is 11.5 Å². The van der Waals surface area contributed by atoms with Crippen LogP contribution < -0.4 is 14.8 Å². The van der Waals surface area contributed by atoms with Crippen molar-refractivity contribution in [2.75, 3.05) is 5.32 Å². The molecular formula is C19H17N3O4. The van der Waals surface area contributed by atoms with Crippen LogP contribution >= 0.6 is 0 Å². The number of nitrogens with zero attached hydrogens (tertiary/aromatic N) is 2. The maximum Gasteiger partial charge on any atom is 0.322 e. The normalized spacial score (nSPS) is 18.3. The second-order valence-corrected chi connectivity index (χ2v) is 5.96. The quantitative estimate of drug-likeness (QED) is 0.778. The lowest BCUT2D eigenvalue weighted by Gasteiger charge is -2.30. The summed E-state index contributed by atoms with van der Waals surface area (Å²) in [6, 6.07) is 17.0. The molecule has 0 radical (unpaired) electrons. The molecule has 2 atom stereocenters. The molecule has 0 fully saturated rings. The van der Waals surface area contributed by atoms with E-state index in [9.17, 15) is 4.79 Å². The highest BCUT2D eigenvalue weighted by Crippen LogP contribution is 2.33. The predicted octanol–water partition coefficient (Wildman–Crippen LogP) is 2.83. The molecule has 2 unspecified atom stereocenters. The van der Waals surface area contributed by atoms with E-state index in [1.807, 2.05) is 42.5 Å². The van der Waals surface area contributed by atoms with Crippen LogP contribution in [0.15, 0.2) is 59.0 Å². The Hall–Kier alpha value is -3.35. The van der Waals surface area contributed by atoms with E-state index in [2.05, 4.69) is 15.5 Å². The van der Waals surface area contributed by atoms with Gasteiger partial charge in [-0.1, -0.05) is 47.6 Å². The summed E-state index contributed by atoms with van der Waals surface area (Å²) in [6.45, 7) is 1.77. The first kappa shape index (κ1) is 16.1. The second kappa shape index (κ2) is 6.87. The molecule has 3 aromatic rings. The number of hydrogen-bond acceptors (Lipinski definition) is 6. The van der Waals surface area contributed by atoms with Crippen molar-refractivity contribution in [3.63, 3.8) is 0 Å². The first-order chi connectivity index (χ1) is 12.7. The Morgan fingerprint density at radius 2 is 1.69 bits per heavy atom. The molecule has 0 saturated carbocycles. The molecule has 132 valence electrons. The van der Waals surface area contributed by atoms with Crippen LogP contribution in [0.1, 0.15) is 18.4 Å². The van der Waals surface area contributed by atoms with Crippen molar-refractivity contribution in [3.8, 4) is 11.5 Å². The standard InChI is InChI=1S/C19H17N3O4/c1-12-17(25-15-10-6-5-9-14(15)24-12)18(23)20-19-22-21-16(26-19)11-13-7-3-2-4-8-13/h2-10,12,17H,11H2,1H3,(H,20,22,23). The van der Waals surface area contributed by atoms with Gasteiger partial charge in [-0.15, -0.1) is 5.10 Å². The topological polar surface area (TPSA) is 86.5 Å². The molecule has 7 nitrogen and oxygen atoms in total. The van der Waals surface area contributed by atoms with Gasteiger partial charge < -0.3 is 13.9 Å². The Bertz CT molecular complexity index is 910. The van der Waals surface area contributed by atoms with Crippen molar-refractivity contribution in [1.82, 2.24) is 10.2 Å². The van der Waals surface area contributed by atoms with Crippen molar-refractivity contribution in [3.05, 3.63) is 66.1 Å². The van der Waals surface area contributed by atoms with Crippen LogP contribution in [0.4, 0.5) is 6.01 Å². The lowest BCUT2D eigenvalue weighted by atomic mass is 10.1. The zero-order valence-electron chi connectivity index (χ0n) is 14.1. The number of nitrogens with one attached hydrogen (secondary N) is 1. The number of hydrogen-bond donors (Lipinski definition) is 1. The van der Waals surface area contributed by atoms with Gasteiger partial charge in [-0.3, -0.25) is 10.1 Å². The zero-order valence-corrected chi connectivity index (χ0v) is 14.1. The van der Waals surface area contributed by atoms with Gasteiger partial charge in [0.1, 0.15) is 6.10 Å². The van der Waals surface area contributed by atoms with E-state index in [0.29, 0.717) is 23.8 Å². The molecule has 1 aliphatic rings. The fraction of sp³-hybridized carbons (Fsp3) is 0.211. The number of para-hydroxylation sites is 2. The third-order valence-electron chi connectivity index (χ3n) is 4.00. The van der Waals surface area contributed by atoms with Crippen LogP contribution in [0, 0.1) is 0 Å². The molecule has 2 heterocycles. The van der Waals surface area contributed by atoms with E-state index in [-0.39, 0.29) is 6.01 Å². The Labute approximate surface area is 150 Å². The summed E-state index contributed by atoms with van der Waals surface area (Å²) < 4.78 is 17.0. The maximum absolute atomic E-state index is 12.5. The van der Waals surface area contributed by atoms with E-state index < -0.39 is 18.1 Å². The van der Waals surface area contributed by atoms with Crippen LogP contribution in [0.5, 0.6) is 11.5 Å². The van der Waals surface area contributed by atoms with E-state index in [0.717, 1.165) is 5.56 Å². The number of amides is 1. The van der Waals surface area contributed by atoms with Crippen molar-refractivity contribution < 1.29 is 18.7 Å². The summed E-state index contributed by atoms with van der Waals surface area (Å²) in [4.78, 5) is 12.5. The van der Waals surface area contributed by atoms with Gasteiger partial charge >= 0.3 is 6.01 Å².